The first kappa shape index (κ1) is 14.4. The summed E-state index contributed by atoms with van der Waals surface area (Å²) in [6, 6.07) is -0.0503. The van der Waals surface area contributed by atoms with Gasteiger partial charge in [-0.1, -0.05) is 0 Å². The predicted octanol–water partition coefficient (Wildman–Crippen LogP) is 1.08. The molecule has 0 saturated carbocycles. The highest BCUT2D eigenvalue weighted by Crippen LogP contribution is 2.20. The van der Waals surface area contributed by atoms with Crippen LogP contribution in [0.5, 0.6) is 0 Å². The molecule has 0 fully saturated rings. The van der Waals surface area contributed by atoms with Gasteiger partial charge in [0.05, 0.1) is 5.69 Å². The molecule has 0 radical (unpaired) electrons. The molecule has 8 heteroatoms. The van der Waals surface area contributed by atoms with Crippen LogP contribution in [-0.4, -0.2) is 26.5 Å². The number of aromatic nitrogens is 1. The lowest BCUT2D eigenvalue weighted by Crippen LogP contribution is -2.35. The number of nitrogens with zero attached hydrogens (tertiary/aromatic N) is 1. The molecule has 0 aliphatic rings. The Bertz CT molecular complexity index is 455. The maximum absolute atomic E-state index is 11.6. The summed E-state index contributed by atoms with van der Waals surface area (Å²) < 4.78 is 28.0. The van der Waals surface area contributed by atoms with Crippen molar-refractivity contribution in [2.24, 2.45) is 0 Å². The standard InChI is InChI=1S/C9H18N4O2S2/c1-6(2)12-17(14,15)13-9-11-8(5-16-9)7(3)10-4/h5-7,10,12H,1-4H3,(H,11,13). The van der Waals surface area contributed by atoms with Gasteiger partial charge in [-0.3, -0.25) is 0 Å². The molecule has 6 nitrogen and oxygen atoms in total. The summed E-state index contributed by atoms with van der Waals surface area (Å²) in [5.41, 5.74) is 0.819. The first-order valence-corrected chi connectivity index (χ1v) is 7.63. The van der Waals surface area contributed by atoms with E-state index in [4.69, 9.17) is 0 Å². The highest BCUT2D eigenvalue weighted by molar-refractivity contribution is 7.91. The van der Waals surface area contributed by atoms with Gasteiger partial charge in [0.2, 0.25) is 0 Å². The predicted molar refractivity (Wildman–Crippen MR) is 70.4 cm³/mol. The molecular weight excluding hydrogens is 260 g/mol. The Morgan fingerprint density at radius 2 is 2.00 bits per heavy atom. The zero-order valence-corrected chi connectivity index (χ0v) is 11.9. The van der Waals surface area contributed by atoms with Crippen LogP contribution < -0.4 is 14.8 Å². The molecule has 1 rings (SSSR count). The van der Waals surface area contributed by atoms with Gasteiger partial charge in [0.25, 0.3) is 0 Å². The van der Waals surface area contributed by atoms with Gasteiger partial charge in [0.1, 0.15) is 0 Å². The van der Waals surface area contributed by atoms with Crippen molar-refractivity contribution in [2.45, 2.75) is 32.9 Å². The van der Waals surface area contributed by atoms with E-state index in [2.05, 4.69) is 19.7 Å². The fourth-order valence-electron chi connectivity index (χ4n) is 1.13. The number of thiazole rings is 1. The average molecular weight is 278 g/mol. The van der Waals surface area contributed by atoms with Crippen LogP contribution in [0.2, 0.25) is 0 Å². The number of rotatable bonds is 6. The second kappa shape index (κ2) is 5.76. The lowest BCUT2D eigenvalue weighted by Gasteiger charge is -2.09. The summed E-state index contributed by atoms with van der Waals surface area (Å²) in [5, 5.41) is 5.24. The van der Waals surface area contributed by atoms with Gasteiger partial charge in [-0.2, -0.15) is 13.1 Å². The molecular formula is C9H18N4O2S2. The van der Waals surface area contributed by atoms with E-state index in [1.54, 1.807) is 13.8 Å². The fraction of sp³-hybridized carbons (Fsp3) is 0.667. The summed E-state index contributed by atoms with van der Waals surface area (Å²) in [6.07, 6.45) is 0. The Labute approximate surface area is 106 Å². The molecule has 0 saturated heterocycles. The highest BCUT2D eigenvalue weighted by atomic mass is 32.2. The van der Waals surface area contributed by atoms with Gasteiger partial charge in [-0.25, -0.2) is 9.71 Å². The van der Waals surface area contributed by atoms with E-state index in [1.165, 1.54) is 11.3 Å². The third-order valence-corrected chi connectivity index (χ3v) is 4.16. The number of anilines is 1. The van der Waals surface area contributed by atoms with Crippen LogP contribution in [0.3, 0.4) is 0 Å². The molecule has 1 aromatic heterocycles. The van der Waals surface area contributed by atoms with E-state index in [9.17, 15) is 8.42 Å². The molecule has 0 bridgehead atoms. The summed E-state index contributed by atoms with van der Waals surface area (Å²) in [5.74, 6) is 0. The minimum absolute atomic E-state index is 0.0996. The van der Waals surface area contributed by atoms with Crippen LogP contribution >= 0.6 is 11.3 Å². The van der Waals surface area contributed by atoms with Crippen molar-refractivity contribution in [3.05, 3.63) is 11.1 Å². The lowest BCUT2D eigenvalue weighted by atomic mass is 10.3. The highest BCUT2D eigenvalue weighted by Gasteiger charge is 2.15. The first-order valence-electron chi connectivity index (χ1n) is 5.27. The molecule has 0 aliphatic heterocycles. The van der Waals surface area contributed by atoms with E-state index >= 15 is 0 Å². The van der Waals surface area contributed by atoms with E-state index in [0.717, 1.165) is 5.69 Å². The Morgan fingerprint density at radius 1 is 1.35 bits per heavy atom. The molecule has 0 aromatic carbocycles. The van der Waals surface area contributed by atoms with Crippen LogP contribution in [0.25, 0.3) is 0 Å². The molecule has 98 valence electrons. The fourth-order valence-corrected chi connectivity index (χ4v) is 3.26. The largest absolute Gasteiger partial charge is 0.312 e. The third kappa shape index (κ3) is 4.58. The molecule has 0 spiro atoms. The second-order valence-electron chi connectivity index (χ2n) is 3.97. The molecule has 1 aromatic rings. The third-order valence-electron chi connectivity index (χ3n) is 2.01. The van der Waals surface area contributed by atoms with Gasteiger partial charge in [0.15, 0.2) is 5.13 Å². The quantitative estimate of drug-likeness (QED) is 0.727. The monoisotopic (exact) mass is 278 g/mol. The summed E-state index contributed by atoms with van der Waals surface area (Å²) in [4.78, 5) is 4.20. The number of hydrogen-bond acceptors (Lipinski definition) is 5. The average Bonchev–Trinajstić information content (AvgIpc) is 2.61. The van der Waals surface area contributed by atoms with Gasteiger partial charge in [0, 0.05) is 17.5 Å². The Balaban J connectivity index is 2.73. The first-order chi connectivity index (χ1) is 7.84. The van der Waals surface area contributed by atoms with Crippen LogP contribution in [0.4, 0.5) is 5.13 Å². The molecule has 3 N–H and O–H groups in total. The van der Waals surface area contributed by atoms with Gasteiger partial charge in [-0.05, 0) is 27.8 Å². The van der Waals surface area contributed by atoms with E-state index in [0.29, 0.717) is 5.13 Å². The second-order valence-corrected chi connectivity index (χ2v) is 6.27. The van der Waals surface area contributed by atoms with Crippen LogP contribution in [0, 0.1) is 0 Å². The zero-order valence-electron chi connectivity index (χ0n) is 10.3. The lowest BCUT2D eigenvalue weighted by molar-refractivity contribution is 0.575. The number of nitrogens with one attached hydrogen (secondary N) is 3. The summed E-state index contributed by atoms with van der Waals surface area (Å²) >= 11 is 1.27. The molecule has 17 heavy (non-hydrogen) atoms. The van der Waals surface area contributed by atoms with Gasteiger partial charge < -0.3 is 5.32 Å². The summed E-state index contributed by atoms with van der Waals surface area (Å²) in [6.45, 7) is 5.48. The molecule has 1 unspecified atom stereocenters. The molecule has 0 amide bonds. The van der Waals surface area contributed by atoms with E-state index in [1.807, 2.05) is 19.4 Å². The zero-order chi connectivity index (χ0) is 13.1. The molecule has 1 heterocycles. The normalized spacial score (nSPS) is 13.9. The Kier molecular flexibility index (Phi) is 4.87. The van der Waals surface area contributed by atoms with Crippen LogP contribution in [0.15, 0.2) is 5.38 Å². The minimum atomic E-state index is -3.53. The van der Waals surface area contributed by atoms with Crippen molar-refractivity contribution in [3.8, 4) is 0 Å². The Hall–Kier alpha value is -0.700. The van der Waals surface area contributed by atoms with Gasteiger partial charge >= 0.3 is 10.2 Å². The SMILES string of the molecule is CNC(C)c1csc(NS(=O)(=O)NC(C)C)n1. The smallest absolute Gasteiger partial charge is 0.301 e. The Morgan fingerprint density at radius 3 is 2.53 bits per heavy atom. The van der Waals surface area contributed by atoms with Crippen molar-refractivity contribution in [1.82, 2.24) is 15.0 Å². The van der Waals surface area contributed by atoms with Crippen LogP contribution in [-0.2, 0) is 10.2 Å². The maximum Gasteiger partial charge on any atom is 0.301 e. The van der Waals surface area contributed by atoms with Crippen molar-refractivity contribution < 1.29 is 8.42 Å². The minimum Gasteiger partial charge on any atom is -0.312 e. The molecule has 1 atom stereocenters. The van der Waals surface area contributed by atoms with Crippen LogP contribution in [0.1, 0.15) is 32.5 Å². The topological polar surface area (TPSA) is 83.1 Å². The van der Waals surface area contributed by atoms with Crippen molar-refractivity contribution in [3.63, 3.8) is 0 Å². The number of hydrogen-bond donors (Lipinski definition) is 3. The van der Waals surface area contributed by atoms with Gasteiger partial charge in [-0.15, -0.1) is 11.3 Å². The van der Waals surface area contributed by atoms with Crippen molar-refractivity contribution >= 4 is 26.7 Å². The summed E-state index contributed by atoms with van der Waals surface area (Å²) in [7, 11) is -1.70. The maximum atomic E-state index is 11.6. The van der Waals surface area contributed by atoms with Crippen molar-refractivity contribution in [2.75, 3.05) is 11.8 Å². The van der Waals surface area contributed by atoms with E-state index in [-0.39, 0.29) is 12.1 Å². The van der Waals surface area contributed by atoms with E-state index < -0.39 is 10.2 Å². The molecule has 0 aliphatic carbocycles. The van der Waals surface area contributed by atoms with Crippen molar-refractivity contribution in [1.29, 1.82) is 0 Å².